The molecule has 0 bridgehead atoms. The predicted octanol–water partition coefficient (Wildman–Crippen LogP) is 2.38. The summed E-state index contributed by atoms with van der Waals surface area (Å²) in [6.07, 6.45) is 6.85. The summed E-state index contributed by atoms with van der Waals surface area (Å²) in [5, 5.41) is 6.37. The molecule has 0 unspecified atom stereocenters. The zero-order valence-electron chi connectivity index (χ0n) is 13.4. The van der Waals surface area contributed by atoms with E-state index in [9.17, 15) is 4.79 Å². The number of hydrogen-bond acceptors (Lipinski definition) is 7. The Morgan fingerprint density at radius 2 is 2.04 bits per heavy atom. The Morgan fingerprint density at radius 3 is 2.76 bits per heavy atom. The Morgan fingerprint density at radius 1 is 1.16 bits per heavy atom. The fraction of sp³-hybridized carbons (Fsp3) is 0.235. The summed E-state index contributed by atoms with van der Waals surface area (Å²) < 4.78 is 4.74. The van der Waals surface area contributed by atoms with Crippen LogP contribution in [0.1, 0.15) is 23.2 Å². The third kappa shape index (κ3) is 3.18. The summed E-state index contributed by atoms with van der Waals surface area (Å²) in [6, 6.07) is 7.07. The molecule has 1 fully saturated rings. The fourth-order valence-corrected chi connectivity index (χ4v) is 2.77. The van der Waals surface area contributed by atoms with E-state index in [0.29, 0.717) is 28.7 Å². The molecule has 0 radical (unpaired) electrons. The number of nitrogens with zero attached hydrogens (tertiary/aromatic N) is 5. The molecule has 8 heteroatoms. The van der Waals surface area contributed by atoms with Crippen molar-refractivity contribution in [2.45, 2.75) is 12.8 Å². The highest BCUT2D eigenvalue weighted by atomic mass is 16.5. The molecule has 0 aliphatic carbocycles. The van der Waals surface area contributed by atoms with E-state index in [1.54, 1.807) is 18.5 Å². The van der Waals surface area contributed by atoms with Crippen LogP contribution in [0.2, 0.25) is 0 Å². The maximum Gasteiger partial charge on any atom is 0.260 e. The first kappa shape index (κ1) is 15.3. The third-order valence-corrected chi connectivity index (χ3v) is 4.00. The molecule has 25 heavy (non-hydrogen) atoms. The van der Waals surface area contributed by atoms with E-state index in [0.717, 1.165) is 25.9 Å². The zero-order chi connectivity index (χ0) is 17.1. The molecule has 1 N–H and O–H groups in total. The van der Waals surface area contributed by atoms with Gasteiger partial charge >= 0.3 is 0 Å². The second-order valence-corrected chi connectivity index (χ2v) is 5.68. The Balaban J connectivity index is 1.73. The minimum Gasteiger partial charge on any atom is -0.363 e. The molecule has 3 aromatic rings. The van der Waals surface area contributed by atoms with Gasteiger partial charge in [-0.3, -0.25) is 9.78 Å². The van der Waals surface area contributed by atoms with Gasteiger partial charge in [-0.25, -0.2) is 9.97 Å². The molecule has 1 aliphatic rings. The van der Waals surface area contributed by atoms with Crippen LogP contribution in [0.15, 0.2) is 47.4 Å². The number of aromatic nitrogens is 4. The van der Waals surface area contributed by atoms with E-state index in [4.69, 9.17) is 4.52 Å². The van der Waals surface area contributed by atoms with Gasteiger partial charge in [-0.05, 0) is 25.0 Å². The van der Waals surface area contributed by atoms with Crippen LogP contribution >= 0.6 is 0 Å². The lowest BCUT2D eigenvalue weighted by Crippen LogP contribution is -2.22. The minimum atomic E-state index is -0.359. The Labute approximate surface area is 143 Å². The van der Waals surface area contributed by atoms with Gasteiger partial charge < -0.3 is 14.7 Å². The van der Waals surface area contributed by atoms with Crippen LogP contribution in [0.3, 0.4) is 0 Å². The highest BCUT2D eigenvalue weighted by Gasteiger charge is 2.21. The van der Waals surface area contributed by atoms with Crippen molar-refractivity contribution in [1.29, 1.82) is 0 Å². The van der Waals surface area contributed by atoms with Gasteiger partial charge in [0.25, 0.3) is 5.91 Å². The van der Waals surface area contributed by atoms with E-state index < -0.39 is 0 Å². The van der Waals surface area contributed by atoms with Crippen LogP contribution in [0, 0.1) is 0 Å². The highest BCUT2D eigenvalue weighted by molar-refractivity contribution is 6.07. The summed E-state index contributed by atoms with van der Waals surface area (Å²) in [5.41, 5.74) is 1.46. The number of anilines is 2. The van der Waals surface area contributed by atoms with Crippen molar-refractivity contribution in [1.82, 2.24) is 20.1 Å². The van der Waals surface area contributed by atoms with Crippen molar-refractivity contribution < 1.29 is 9.32 Å². The lowest BCUT2D eigenvalue weighted by Gasteiger charge is -2.17. The third-order valence-electron chi connectivity index (χ3n) is 4.00. The van der Waals surface area contributed by atoms with Crippen molar-refractivity contribution >= 4 is 17.7 Å². The number of rotatable bonds is 4. The summed E-state index contributed by atoms with van der Waals surface area (Å²) in [4.78, 5) is 28.1. The number of carbonyl (C=O) groups is 1. The topological polar surface area (TPSA) is 97.0 Å². The molecule has 1 saturated heterocycles. The van der Waals surface area contributed by atoms with Gasteiger partial charge in [0.15, 0.2) is 5.82 Å². The number of pyridine rings is 1. The van der Waals surface area contributed by atoms with E-state index in [1.165, 1.54) is 6.26 Å². The lowest BCUT2D eigenvalue weighted by atomic mass is 10.1. The molecular weight excluding hydrogens is 320 g/mol. The van der Waals surface area contributed by atoms with E-state index >= 15 is 0 Å². The molecular formula is C17H16N6O2. The first-order valence-corrected chi connectivity index (χ1v) is 8.06. The quantitative estimate of drug-likeness (QED) is 0.781. The van der Waals surface area contributed by atoms with Gasteiger partial charge in [0.05, 0.1) is 11.3 Å². The smallest absolute Gasteiger partial charge is 0.260 e. The van der Waals surface area contributed by atoms with Gasteiger partial charge in [0.2, 0.25) is 5.95 Å². The number of amides is 1. The second-order valence-electron chi connectivity index (χ2n) is 5.68. The molecule has 1 aliphatic heterocycles. The van der Waals surface area contributed by atoms with E-state index in [-0.39, 0.29) is 5.91 Å². The van der Waals surface area contributed by atoms with Crippen LogP contribution in [0.4, 0.5) is 11.8 Å². The summed E-state index contributed by atoms with van der Waals surface area (Å²) in [7, 11) is 0. The summed E-state index contributed by atoms with van der Waals surface area (Å²) >= 11 is 0. The first-order valence-electron chi connectivity index (χ1n) is 8.06. The molecule has 0 saturated carbocycles. The molecule has 0 atom stereocenters. The van der Waals surface area contributed by atoms with Gasteiger partial charge in [-0.15, -0.1) is 0 Å². The lowest BCUT2D eigenvalue weighted by molar-refractivity contribution is 0.102. The second kappa shape index (κ2) is 6.68. The van der Waals surface area contributed by atoms with Crippen LogP contribution in [-0.4, -0.2) is 39.1 Å². The van der Waals surface area contributed by atoms with Crippen molar-refractivity contribution in [3.63, 3.8) is 0 Å². The van der Waals surface area contributed by atoms with Crippen LogP contribution < -0.4 is 10.2 Å². The van der Waals surface area contributed by atoms with Gasteiger partial charge in [0.1, 0.15) is 12.0 Å². The van der Waals surface area contributed by atoms with Crippen molar-refractivity contribution in [3.05, 3.63) is 48.5 Å². The first-order chi connectivity index (χ1) is 12.3. The monoisotopic (exact) mass is 336 g/mol. The number of carbonyl (C=O) groups excluding carboxylic acids is 1. The Kier molecular flexibility index (Phi) is 4.07. The Hall–Kier alpha value is -3.29. The summed E-state index contributed by atoms with van der Waals surface area (Å²) in [5.74, 6) is 0.597. The van der Waals surface area contributed by atoms with Crippen molar-refractivity contribution in [2.24, 2.45) is 0 Å². The number of hydrogen-bond donors (Lipinski definition) is 1. The predicted molar refractivity (Wildman–Crippen MR) is 91.2 cm³/mol. The van der Waals surface area contributed by atoms with Gasteiger partial charge in [-0.2, -0.15) is 0 Å². The average Bonchev–Trinajstić information content (AvgIpc) is 3.36. The molecule has 126 valence electrons. The van der Waals surface area contributed by atoms with Crippen LogP contribution in [-0.2, 0) is 0 Å². The molecule has 0 aromatic carbocycles. The van der Waals surface area contributed by atoms with Crippen molar-refractivity contribution in [2.75, 3.05) is 23.3 Å². The largest absolute Gasteiger partial charge is 0.363 e. The summed E-state index contributed by atoms with van der Waals surface area (Å²) in [6.45, 7) is 1.85. The highest BCUT2D eigenvalue weighted by Crippen LogP contribution is 2.24. The SMILES string of the molecule is O=C(Nc1ccon1)c1cnc(N2CCCC2)nc1-c1ccccn1. The molecule has 0 spiro atoms. The maximum atomic E-state index is 12.6. The Bertz CT molecular complexity index is 860. The number of nitrogens with one attached hydrogen (secondary N) is 1. The molecule has 1 amide bonds. The van der Waals surface area contributed by atoms with Crippen LogP contribution in [0.5, 0.6) is 0 Å². The zero-order valence-corrected chi connectivity index (χ0v) is 13.4. The molecule has 4 heterocycles. The fourth-order valence-electron chi connectivity index (χ4n) is 2.77. The van der Waals surface area contributed by atoms with Crippen LogP contribution in [0.25, 0.3) is 11.4 Å². The van der Waals surface area contributed by atoms with Gasteiger partial charge in [-0.1, -0.05) is 11.2 Å². The maximum absolute atomic E-state index is 12.6. The molecule has 8 nitrogen and oxygen atoms in total. The van der Waals surface area contributed by atoms with E-state index in [2.05, 4.69) is 30.3 Å². The van der Waals surface area contributed by atoms with Gasteiger partial charge in [0, 0.05) is 31.5 Å². The minimum absolute atomic E-state index is 0.334. The molecule has 3 aromatic heterocycles. The standard InChI is InChI=1S/C17H16N6O2/c24-16(20-14-6-10-25-22-14)12-11-19-17(23-8-3-4-9-23)21-15(12)13-5-1-2-7-18-13/h1-2,5-7,10-11H,3-4,8-9H2,(H,20,22,24). The normalized spacial score (nSPS) is 13.8. The molecule has 4 rings (SSSR count). The van der Waals surface area contributed by atoms with Crippen molar-refractivity contribution in [3.8, 4) is 11.4 Å². The van der Waals surface area contributed by atoms with E-state index in [1.807, 2.05) is 18.2 Å². The average molecular weight is 336 g/mol.